The molecular formula is C30H41NO2. The SMILES string of the molecule is COc1cc(CC(C)C)ccc1COc1ccc2c(c1)CCC(CN1CCC(C)CC1)=C2C. The lowest BCUT2D eigenvalue weighted by Gasteiger charge is -2.33. The summed E-state index contributed by atoms with van der Waals surface area (Å²) in [5.74, 6) is 3.39. The van der Waals surface area contributed by atoms with E-state index in [0.717, 1.165) is 42.4 Å². The van der Waals surface area contributed by atoms with Gasteiger partial charge >= 0.3 is 0 Å². The number of ether oxygens (including phenoxy) is 2. The van der Waals surface area contributed by atoms with Crippen molar-refractivity contribution in [3.8, 4) is 11.5 Å². The van der Waals surface area contributed by atoms with Crippen LogP contribution >= 0.6 is 0 Å². The normalized spacial score (nSPS) is 17.4. The van der Waals surface area contributed by atoms with Crippen molar-refractivity contribution in [1.29, 1.82) is 0 Å². The zero-order chi connectivity index (χ0) is 23.4. The largest absolute Gasteiger partial charge is 0.496 e. The third-order valence-corrected chi connectivity index (χ3v) is 7.39. The number of aryl methyl sites for hydroxylation is 1. The van der Waals surface area contributed by atoms with E-state index in [1.54, 1.807) is 12.7 Å². The van der Waals surface area contributed by atoms with Gasteiger partial charge in [0.25, 0.3) is 0 Å². The van der Waals surface area contributed by atoms with Gasteiger partial charge in [0.05, 0.1) is 7.11 Å². The van der Waals surface area contributed by atoms with Crippen LogP contribution in [-0.4, -0.2) is 31.6 Å². The highest BCUT2D eigenvalue weighted by atomic mass is 16.5. The minimum Gasteiger partial charge on any atom is -0.496 e. The monoisotopic (exact) mass is 447 g/mol. The van der Waals surface area contributed by atoms with Crippen LogP contribution in [0.5, 0.6) is 11.5 Å². The summed E-state index contributed by atoms with van der Waals surface area (Å²) in [4.78, 5) is 2.65. The molecule has 1 aliphatic heterocycles. The van der Waals surface area contributed by atoms with Crippen LogP contribution < -0.4 is 9.47 Å². The van der Waals surface area contributed by atoms with Crippen molar-refractivity contribution >= 4 is 5.57 Å². The number of fused-ring (bicyclic) bond motifs is 1. The summed E-state index contributed by atoms with van der Waals surface area (Å²) in [6.45, 7) is 13.3. The van der Waals surface area contributed by atoms with Gasteiger partial charge in [-0.3, -0.25) is 4.90 Å². The first-order valence-electron chi connectivity index (χ1n) is 12.8. The fourth-order valence-electron chi connectivity index (χ4n) is 5.25. The molecule has 0 saturated carbocycles. The molecule has 0 unspecified atom stereocenters. The fraction of sp³-hybridized carbons (Fsp3) is 0.533. The highest BCUT2D eigenvalue weighted by molar-refractivity contribution is 5.72. The number of hydrogen-bond donors (Lipinski definition) is 0. The first-order valence-corrected chi connectivity index (χ1v) is 12.8. The van der Waals surface area contributed by atoms with Gasteiger partial charge < -0.3 is 9.47 Å². The first-order chi connectivity index (χ1) is 15.9. The van der Waals surface area contributed by atoms with E-state index in [-0.39, 0.29) is 0 Å². The second-order valence-corrected chi connectivity index (χ2v) is 10.5. The zero-order valence-electron chi connectivity index (χ0n) is 21.2. The quantitative estimate of drug-likeness (QED) is 0.438. The highest BCUT2D eigenvalue weighted by Crippen LogP contribution is 2.34. The summed E-state index contributed by atoms with van der Waals surface area (Å²) in [6, 6.07) is 13.2. The van der Waals surface area contributed by atoms with Crippen molar-refractivity contribution in [2.24, 2.45) is 11.8 Å². The molecule has 0 radical (unpaired) electrons. The minimum absolute atomic E-state index is 0.525. The molecule has 1 saturated heterocycles. The number of methoxy groups -OCH3 is 1. The van der Waals surface area contributed by atoms with Crippen LogP contribution in [0.2, 0.25) is 0 Å². The van der Waals surface area contributed by atoms with Gasteiger partial charge in [-0.25, -0.2) is 0 Å². The Morgan fingerprint density at radius 1 is 1.03 bits per heavy atom. The lowest BCUT2D eigenvalue weighted by atomic mass is 9.85. The molecule has 1 fully saturated rings. The summed E-state index contributed by atoms with van der Waals surface area (Å²) >= 11 is 0. The zero-order valence-corrected chi connectivity index (χ0v) is 21.2. The maximum absolute atomic E-state index is 6.21. The molecule has 0 spiro atoms. The van der Waals surface area contributed by atoms with Crippen LogP contribution in [0.25, 0.3) is 5.57 Å². The number of likely N-dealkylation sites (tertiary alicyclic amines) is 1. The van der Waals surface area contributed by atoms with Crippen LogP contribution in [0.1, 0.15) is 69.2 Å². The molecule has 3 heteroatoms. The number of allylic oxidation sites excluding steroid dienone is 1. The molecule has 0 amide bonds. The summed E-state index contributed by atoms with van der Waals surface area (Å²) in [5.41, 5.74) is 8.33. The summed E-state index contributed by atoms with van der Waals surface area (Å²) in [7, 11) is 1.74. The Kier molecular flexibility index (Phi) is 7.80. The maximum Gasteiger partial charge on any atom is 0.125 e. The minimum atomic E-state index is 0.525. The average molecular weight is 448 g/mol. The smallest absolute Gasteiger partial charge is 0.125 e. The third-order valence-electron chi connectivity index (χ3n) is 7.39. The van der Waals surface area contributed by atoms with E-state index in [1.807, 2.05) is 0 Å². The molecule has 33 heavy (non-hydrogen) atoms. The van der Waals surface area contributed by atoms with E-state index >= 15 is 0 Å². The molecule has 178 valence electrons. The predicted octanol–water partition coefficient (Wildman–Crippen LogP) is 6.92. The highest BCUT2D eigenvalue weighted by Gasteiger charge is 2.21. The number of rotatable bonds is 8. The Balaban J connectivity index is 1.41. The second-order valence-electron chi connectivity index (χ2n) is 10.5. The first kappa shape index (κ1) is 23.9. The Bertz CT molecular complexity index is 983. The second kappa shape index (κ2) is 10.8. The van der Waals surface area contributed by atoms with Crippen molar-refractivity contribution in [2.75, 3.05) is 26.7 Å². The molecule has 2 aliphatic rings. The lowest BCUT2D eigenvalue weighted by Crippen LogP contribution is -2.34. The predicted molar refractivity (Wildman–Crippen MR) is 138 cm³/mol. The summed E-state index contributed by atoms with van der Waals surface area (Å²) in [6.07, 6.45) is 6.02. The van der Waals surface area contributed by atoms with Crippen LogP contribution in [0.15, 0.2) is 42.0 Å². The molecule has 0 aromatic heterocycles. The third kappa shape index (κ3) is 6.00. The fourth-order valence-corrected chi connectivity index (χ4v) is 5.25. The van der Waals surface area contributed by atoms with Gasteiger partial charge in [0.15, 0.2) is 0 Å². The van der Waals surface area contributed by atoms with Gasteiger partial charge in [0.2, 0.25) is 0 Å². The summed E-state index contributed by atoms with van der Waals surface area (Å²) < 4.78 is 11.9. The molecule has 4 rings (SSSR count). The van der Waals surface area contributed by atoms with E-state index in [2.05, 4.69) is 69.0 Å². The van der Waals surface area contributed by atoms with Gasteiger partial charge in [0, 0.05) is 12.1 Å². The lowest BCUT2D eigenvalue weighted by molar-refractivity contribution is 0.205. The number of piperidine rings is 1. The van der Waals surface area contributed by atoms with Gasteiger partial charge in [-0.15, -0.1) is 0 Å². The van der Waals surface area contributed by atoms with E-state index in [4.69, 9.17) is 9.47 Å². The molecule has 1 heterocycles. The van der Waals surface area contributed by atoms with Gasteiger partial charge in [-0.2, -0.15) is 0 Å². The van der Waals surface area contributed by atoms with Gasteiger partial charge in [0.1, 0.15) is 18.1 Å². The van der Waals surface area contributed by atoms with Crippen LogP contribution in [0.4, 0.5) is 0 Å². The molecule has 0 atom stereocenters. The number of benzene rings is 2. The van der Waals surface area contributed by atoms with Crippen LogP contribution in [-0.2, 0) is 19.4 Å². The number of hydrogen-bond acceptors (Lipinski definition) is 3. The van der Waals surface area contributed by atoms with Crippen molar-refractivity contribution in [3.63, 3.8) is 0 Å². The molecule has 0 N–H and O–H groups in total. The van der Waals surface area contributed by atoms with Crippen molar-refractivity contribution < 1.29 is 9.47 Å². The topological polar surface area (TPSA) is 21.7 Å². The average Bonchev–Trinajstić information content (AvgIpc) is 2.81. The van der Waals surface area contributed by atoms with Gasteiger partial charge in [-0.05, 0) is 104 Å². The van der Waals surface area contributed by atoms with Crippen molar-refractivity contribution in [2.45, 2.75) is 66.4 Å². The van der Waals surface area contributed by atoms with E-state index in [0.29, 0.717) is 12.5 Å². The molecular weight excluding hydrogens is 406 g/mol. The Morgan fingerprint density at radius 2 is 1.82 bits per heavy atom. The van der Waals surface area contributed by atoms with E-state index in [1.165, 1.54) is 54.6 Å². The van der Waals surface area contributed by atoms with E-state index < -0.39 is 0 Å². The Hall–Kier alpha value is -2.26. The van der Waals surface area contributed by atoms with E-state index in [9.17, 15) is 0 Å². The Morgan fingerprint density at radius 3 is 2.55 bits per heavy atom. The standard InChI is InChI=1S/C30H41NO2/c1-21(2)16-24-6-7-27(30(17-24)32-5)20-33-28-10-11-29-23(4)26(9-8-25(29)18-28)19-31-14-12-22(3)13-15-31/h6-7,10-11,17-18,21-22H,8-9,12-16,19-20H2,1-5H3. The maximum atomic E-state index is 6.21. The van der Waals surface area contributed by atoms with Crippen LogP contribution in [0.3, 0.4) is 0 Å². The molecule has 3 nitrogen and oxygen atoms in total. The van der Waals surface area contributed by atoms with Crippen LogP contribution in [0, 0.1) is 11.8 Å². The van der Waals surface area contributed by atoms with Gasteiger partial charge in [-0.1, -0.05) is 44.5 Å². The van der Waals surface area contributed by atoms with Crippen molar-refractivity contribution in [3.05, 3.63) is 64.2 Å². The van der Waals surface area contributed by atoms with Crippen molar-refractivity contribution in [1.82, 2.24) is 4.90 Å². The molecule has 0 bridgehead atoms. The molecule has 2 aromatic carbocycles. The molecule has 1 aliphatic carbocycles. The molecule has 2 aromatic rings. The summed E-state index contributed by atoms with van der Waals surface area (Å²) in [5, 5.41) is 0. The number of nitrogens with zero attached hydrogens (tertiary/aromatic N) is 1. The Labute approximate surface area is 200 Å².